The van der Waals surface area contributed by atoms with E-state index < -0.39 is 6.04 Å². The molecule has 1 heterocycles. The van der Waals surface area contributed by atoms with Gasteiger partial charge in [0, 0.05) is 7.05 Å². The smallest absolute Gasteiger partial charge is 0.216 e. The number of nitrogens with zero attached hydrogens (tertiary/aromatic N) is 3. The van der Waals surface area contributed by atoms with Crippen molar-refractivity contribution in [2.75, 3.05) is 0 Å². The average molecular weight is 154 g/mol. The molecule has 0 aromatic carbocycles. The maximum Gasteiger partial charge on any atom is 0.216 e. The molecular formula is C6H10N4O. The van der Waals surface area contributed by atoms with Gasteiger partial charge in [-0.3, -0.25) is 4.79 Å². The van der Waals surface area contributed by atoms with Gasteiger partial charge in [-0.05, 0) is 6.92 Å². The maximum absolute atomic E-state index is 11.2. The molecule has 0 spiro atoms. The highest BCUT2D eigenvalue weighted by Gasteiger charge is 2.15. The molecule has 0 aliphatic rings. The van der Waals surface area contributed by atoms with Crippen LogP contribution in [0.4, 0.5) is 0 Å². The predicted octanol–water partition coefficient (Wildman–Crippen LogP) is -0.655. The Morgan fingerprint density at radius 3 is 2.82 bits per heavy atom. The lowest BCUT2D eigenvalue weighted by Gasteiger charge is -2.01. The van der Waals surface area contributed by atoms with E-state index >= 15 is 0 Å². The van der Waals surface area contributed by atoms with Gasteiger partial charge in [0.15, 0.2) is 5.82 Å². The van der Waals surface area contributed by atoms with Crippen LogP contribution in [-0.2, 0) is 7.05 Å². The summed E-state index contributed by atoms with van der Waals surface area (Å²) < 4.78 is 1.41. The minimum absolute atomic E-state index is 0.190. The van der Waals surface area contributed by atoms with E-state index in [-0.39, 0.29) is 5.78 Å². The zero-order valence-corrected chi connectivity index (χ0v) is 6.48. The molecule has 5 heteroatoms. The van der Waals surface area contributed by atoms with Crippen LogP contribution in [0.3, 0.4) is 0 Å². The summed E-state index contributed by atoms with van der Waals surface area (Å²) in [7, 11) is 1.66. The van der Waals surface area contributed by atoms with Gasteiger partial charge in [0.25, 0.3) is 0 Å². The monoisotopic (exact) mass is 154 g/mol. The fraction of sp³-hybridized carbons (Fsp3) is 0.500. The number of hydrogen-bond donors (Lipinski definition) is 1. The highest BCUT2D eigenvalue weighted by Crippen LogP contribution is 1.94. The van der Waals surface area contributed by atoms with Gasteiger partial charge in [0.2, 0.25) is 5.78 Å². The van der Waals surface area contributed by atoms with E-state index in [1.165, 1.54) is 11.0 Å². The molecule has 0 aliphatic heterocycles. The number of Topliss-reactive ketones (excluding diaryl/α,β-unsaturated/α-hetero) is 1. The summed E-state index contributed by atoms with van der Waals surface area (Å²) >= 11 is 0. The molecular weight excluding hydrogens is 144 g/mol. The number of nitrogens with two attached hydrogens (primary N) is 1. The van der Waals surface area contributed by atoms with Crippen molar-refractivity contribution in [2.45, 2.75) is 13.0 Å². The second-order valence-electron chi connectivity index (χ2n) is 2.36. The standard InChI is InChI=1S/C6H10N4O/c1-4(7)5(11)6-8-3-9-10(6)2/h3-4H,7H2,1-2H3/t4-/m0/s1. The summed E-state index contributed by atoms with van der Waals surface area (Å²) in [5.74, 6) is 0.116. The number of rotatable bonds is 2. The van der Waals surface area contributed by atoms with E-state index in [2.05, 4.69) is 10.1 Å². The second-order valence-corrected chi connectivity index (χ2v) is 2.36. The van der Waals surface area contributed by atoms with Crippen LogP contribution in [0.25, 0.3) is 0 Å². The Morgan fingerprint density at radius 2 is 2.45 bits per heavy atom. The molecule has 0 bridgehead atoms. The quantitative estimate of drug-likeness (QED) is 0.574. The molecule has 0 fully saturated rings. The molecule has 11 heavy (non-hydrogen) atoms. The second kappa shape index (κ2) is 2.79. The third-order valence-electron chi connectivity index (χ3n) is 1.35. The topological polar surface area (TPSA) is 73.8 Å². The fourth-order valence-corrected chi connectivity index (χ4v) is 0.723. The molecule has 1 atom stereocenters. The van der Waals surface area contributed by atoms with Gasteiger partial charge in [-0.15, -0.1) is 0 Å². The Hall–Kier alpha value is -1.23. The van der Waals surface area contributed by atoms with E-state index in [9.17, 15) is 4.79 Å². The SMILES string of the molecule is C[C@H](N)C(=O)c1ncnn1C. The first-order valence-electron chi connectivity index (χ1n) is 3.26. The van der Waals surface area contributed by atoms with Crippen LogP contribution in [0.2, 0.25) is 0 Å². The lowest BCUT2D eigenvalue weighted by atomic mass is 10.2. The Balaban J connectivity index is 2.93. The number of carbonyl (C=O) groups excluding carboxylic acids is 1. The molecule has 60 valence electrons. The summed E-state index contributed by atoms with van der Waals surface area (Å²) in [5, 5.41) is 3.75. The molecule has 0 saturated heterocycles. The molecule has 2 N–H and O–H groups in total. The molecule has 0 aliphatic carbocycles. The van der Waals surface area contributed by atoms with Crippen molar-refractivity contribution in [3.8, 4) is 0 Å². The first-order chi connectivity index (χ1) is 5.13. The Labute approximate surface area is 64.2 Å². The van der Waals surface area contributed by atoms with Crippen molar-refractivity contribution < 1.29 is 4.79 Å². The van der Waals surface area contributed by atoms with Gasteiger partial charge in [-0.2, -0.15) is 5.10 Å². The average Bonchev–Trinajstić information content (AvgIpc) is 2.33. The highest BCUT2D eigenvalue weighted by molar-refractivity contribution is 5.96. The summed E-state index contributed by atoms with van der Waals surface area (Å²) in [6, 6.07) is -0.516. The summed E-state index contributed by atoms with van der Waals surface area (Å²) in [6.45, 7) is 1.62. The number of hydrogen-bond acceptors (Lipinski definition) is 4. The van der Waals surface area contributed by atoms with Crippen molar-refractivity contribution in [1.82, 2.24) is 14.8 Å². The largest absolute Gasteiger partial charge is 0.321 e. The molecule has 0 radical (unpaired) electrons. The highest BCUT2D eigenvalue weighted by atomic mass is 16.1. The summed E-state index contributed by atoms with van der Waals surface area (Å²) in [6.07, 6.45) is 1.33. The van der Waals surface area contributed by atoms with Crippen LogP contribution >= 0.6 is 0 Å². The number of aromatic nitrogens is 3. The van der Waals surface area contributed by atoms with E-state index in [0.717, 1.165) is 0 Å². The zero-order chi connectivity index (χ0) is 8.43. The van der Waals surface area contributed by atoms with Crippen LogP contribution in [0.15, 0.2) is 6.33 Å². The van der Waals surface area contributed by atoms with Crippen LogP contribution in [-0.4, -0.2) is 26.6 Å². The number of ketones is 1. The van der Waals surface area contributed by atoms with Crippen molar-refractivity contribution in [3.05, 3.63) is 12.2 Å². The molecule has 5 nitrogen and oxygen atoms in total. The molecule has 1 rings (SSSR count). The van der Waals surface area contributed by atoms with E-state index in [1.807, 2.05) is 0 Å². The van der Waals surface area contributed by atoms with E-state index in [1.54, 1.807) is 14.0 Å². The van der Waals surface area contributed by atoms with Gasteiger partial charge < -0.3 is 5.73 Å². The molecule has 0 amide bonds. The van der Waals surface area contributed by atoms with Crippen LogP contribution in [0.1, 0.15) is 17.5 Å². The number of carbonyl (C=O) groups is 1. The van der Waals surface area contributed by atoms with Crippen molar-refractivity contribution in [1.29, 1.82) is 0 Å². The molecule has 1 aromatic heterocycles. The third kappa shape index (κ3) is 1.43. The van der Waals surface area contributed by atoms with Crippen molar-refractivity contribution >= 4 is 5.78 Å². The number of aryl methyl sites for hydroxylation is 1. The first kappa shape index (κ1) is 7.87. The molecule has 0 saturated carbocycles. The van der Waals surface area contributed by atoms with Crippen LogP contribution < -0.4 is 5.73 Å². The van der Waals surface area contributed by atoms with E-state index in [0.29, 0.717) is 5.82 Å². The third-order valence-corrected chi connectivity index (χ3v) is 1.35. The normalized spacial score (nSPS) is 13.0. The Bertz CT molecular complexity index is 265. The minimum Gasteiger partial charge on any atom is -0.321 e. The van der Waals surface area contributed by atoms with Crippen LogP contribution in [0, 0.1) is 0 Å². The molecule has 0 unspecified atom stereocenters. The van der Waals surface area contributed by atoms with Crippen molar-refractivity contribution in [2.24, 2.45) is 12.8 Å². The van der Waals surface area contributed by atoms with E-state index in [4.69, 9.17) is 5.73 Å². The lowest BCUT2D eigenvalue weighted by molar-refractivity contribution is 0.0953. The van der Waals surface area contributed by atoms with Gasteiger partial charge in [0.05, 0.1) is 6.04 Å². The van der Waals surface area contributed by atoms with Gasteiger partial charge in [-0.1, -0.05) is 0 Å². The maximum atomic E-state index is 11.2. The first-order valence-corrected chi connectivity index (χ1v) is 3.26. The Morgan fingerprint density at radius 1 is 1.82 bits per heavy atom. The Kier molecular flexibility index (Phi) is 2.00. The minimum atomic E-state index is -0.516. The lowest BCUT2D eigenvalue weighted by Crippen LogP contribution is -2.29. The fourth-order valence-electron chi connectivity index (χ4n) is 0.723. The van der Waals surface area contributed by atoms with Crippen molar-refractivity contribution in [3.63, 3.8) is 0 Å². The molecule has 1 aromatic rings. The van der Waals surface area contributed by atoms with Gasteiger partial charge in [-0.25, -0.2) is 9.67 Å². The summed E-state index contributed by atoms with van der Waals surface area (Å²) in [5.41, 5.74) is 5.37. The van der Waals surface area contributed by atoms with Crippen LogP contribution in [0.5, 0.6) is 0 Å². The van der Waals surface area contributed by atoms with Gasteiger partial charge >= 0.3 is 0 Å². The zero-order valence-electron chi connectivity index (χ0n) is 6.48. The predicted molar refractivity (Wildman–Crippen MR) is 39.0 cm³/mol. The summed E-state index contributed by atoms with van der Waals surface area (Å²) in [4.78, 5) is 14.9. The van der Waals surface area contributed by atoms with Gasteiger partial charge in [0.1, 0.15) is 6.33 Å².